The third kappa shape index (κ3) is 4.06. The Hall–Kier alpha value is -3.18. The van der Waals surface area contributed by atoms with Crippen LogP contribution in [0, 0.1) is 13.8 Å². The van der Waals surface area contributed by atoms with E-state index in [1.807, 2.05) is 98.8 Å². The van der Waals surface area contributed by atoms with Crippen molar-refractivity contribution in [2.75, 3.05) is 10.2 Å². The maximum Gasteiger partial charge on any atom is 0.255 e. The average molecular weight is 475 g/mol. The molecule has 1 saturated heterocycles. The number of benzene rings is 3. The number of amides is 2. The smallest absolute Gasteiger partial charge is 0.255 e. The van der Waals surface area contributed by atoms with Crippen molar-refractivity contribution >= 4 is 45.2 Å². The number of halogens is 1. The Balaban J connectivity index is 1.75. The van der Waals surface area contributed by atoms with Crippen LogP contribution < -0.4 is 10.2 Å². The van der Waals surface area contributed by atoms with E-state index < -0.39 is 5.54 Å². The maximum atomic E-state index is 13.7. The van der Waals surface area contributed by atoms with E-state index in [1.165, 1.54) is 0 Å². The van der Waals surface area contributed by atoms with Gasteiger partial charge < -0.3 is 5.32 Å². The zero-order valence-corrected chi connectivity index (χ0v) is 19.0. The summed E-state index contributed by atoms with van der Waals surface area (Å²) in [7, 11) is 0. The first-order valence-corrected chi connectivity index (χ1v) is 10.9. The Labute approximate surface area is 190 Å². The normalized spacial score (nSPS) is 18.2. The summed E-state index contributed by atoms with van der Waals surface area (Å²) in [5.41, 5.74) is 3.31. The molecule has 1 heterocycles. The number of anilines is 2. The number of carbonyl (C=O) groups excluding carboxylic acids is 2. The largest absolute Gasteiger partial charge is 0.323 e. The van der Waals surface area contributed by atoms with Gasteiger partial charge in [-0.3, -0.25) is 14.5 Å². The van der Waals surface area contributed by atoms with Crippen LogP contribution in [0.1, 0.15) is 23.1 Å². The molecule has 1 N–H and O–H groups in total. The number of hydrogen-bond donors (Lipinski definition) is 1. The van der Waals surface area contributed by atoms with Gasteiger partial charge in [-0.05, 0) is 60.9 Å². The predicted octanol–water partition coefficient (Wildman–Crippen LogP) is 5.89. The lowest BCUT2D eigenvalue weighted by Crippen LogP contribution is -2.68. The topological polar surface area (TPSA) is 49.4 Å². The SMILES string of the molecule is Cc1cccc(C)c1NC(=O)[C@]1(/C=C/c2ccccc2)CC(=O)N1c1ccc(Br)cc1. The van der Waals surface area contributed by atoms with Crippen molar-refractivity contribution in [2.24, 2.45) is 0 Å². The minimum atomic E-state index is -1.10. The zero-order chi connectivity index (χ0) is 22.0. The third-order valence-electron chi connectivity index (χ3n) is 5.62. The van der Waals surface area contributed by atoms with E-state index in [2.05, 4.69) is 21.2 Å². The van der Waals surface area contributed by atoms with Gasteiger partial charge in [0.1, 0.15) is 0 Å². The Morgan fingerprint density at radius 3 is 2.23 bits per heavy atom. The van der Waals surface area contributed by atoms with Gasteiger partial charge in [0.05, 0.1) is 6.42 Å². The lowest BCUT2D eigenvalue weighted by atomic mass is 9.81. The first-order valence-electron chi connectivity index (χ1n) is 10.1. The first-order chi connectivity index (χ1) is 14.9. The Morgan fingerprint density at radius 2 is 1.61 bits per heavy atom. The van der Waals surface area contributed by atoms with Gasteiger partial charge in [0.25, 0.3) is 5.91 Å². The highest BCUT2D eigenvalue weighted by molar-refractivity contribution is 9.10. The van der Waals surface area contributed by atoms with E-state index in [9.17, 15) is 9.59 Å². The van der Waals surface area contributed by atoms with Crippen molar-refractivity contribution in [3.8, 4) is 0 Å². The van der Waals surface area contributed by atoms with Crippen molar-refractivity contribution in [3.05, 3.63) is 100 Å². The molecule has 4 rings (SSSR count). The van der Waals surface area contributed by atoms with Crippen molar-refractivity contribution in [2.45, 2.75) is 25.8 Å². The quantitative estimate of drug-likeness (QED) is 0.468. The number of carbonyl (C=O) groups is 2. The number of hydrogen-bond acceptors (Lipinski definition) is 2. The van der Waals surface area contributed by atoms with Crippen molar-refractivity contribution in [1.82, 2.24) is 0 Å². The van der Waals surface area contributed by atoms with E-state index >= 15 is 0 Å². The lowest BCUT2D eigenvalue weighted by molar-refractivity contribution is -0.134. The summed E-state index contributed by atoms with van der Waals surface area (Å²) in [4.78, 5) is 28.0. The highest BCUT2D eigenvalue weighted by atomic mass is 79.9. The van der Waals surface area contributed by atoms with Gasteiger partial charge >= 0.3 is 0 Å². The fourth-order valence-electron chi connectivity index (χ4n) is 3.91. The number of rotatable bonds is 5. The zero-order valence-electron chi connectivity index (χ0n) is 17.4. The molecule has 1 aliphatic rings. The average Bonchev–Trinajstić information content (AvgIpc) is 2.75. The van der Waals surface area contributed by atoms with Gasteiger partial charge in [-0.1, -0.05) is 70.5 Å². The van der Waals surface area contributed by atoms with Gasteiger partial charge in [-0.15, -0.1) is 0 Å². The highest BCUT2D eigenvalue weighted by Gasteiger charge is 2.55. The van der Waals surface area contributed by atoms with Crippen molar-refractivity contribution < 1.29 is 9.59 Å². The number of β-lactam (4-membered cyclic amide) rings is 1. The van der Waals surface area contributed by atoms with Gasteiger partial charge in [0.15, 0.2) is 5.54 Å². The molecule has 31 heavy (non-hydrogen) atoms. The number of aryl methyl sites for hydroxylation is 2. The second kappa shape index (κ2) is 8.52. The third-order valence-corrected chi connectivity index (χ3v) is 6.15. The fraction of sp³-hybridized carbons (Fsp3) is 0.154. The van der Waals surface area contributed by atoms with Crippen LogP contribution in [-0.4, -0.2) is 17.4 Å². The summed E-state index contributed by atoms with van der Waals surface area (Å²) in [5.74, 6) is -0.309. The van der Waals surface area contributed by atoms with Crippen LogP contribution in [0.3, 0.4) is 0 Å². The minimum absolute atomic E-state index is 0.0864. The molecule has 0 aliphatic carbocycles. The van der Waals surface area contributed by atoms with Crippen LogP contribution in [0.4, 0.5) is 11.4 Å². The van der Waals surface area contributed by atoms with Gasteiger partial charge in [0, 0.05) is 15.8 Å². The second-order valence-electron chi connectivity index (χ2n) is 7.77. The Kier molecular flexibility index (Phi) is 5.79. The van der Waals surface area contributed by atoms with Crippen LogP contribution in [-0.2, 0) is 9.59 Å². The summed E-state index contributed by atoms with van der Waals surface area (Å²) in [6.07, 6.45) is 3.86. The van der Waals surface area contributed by atoms with E-state index in [0.717, 1.165) is 26.9 Å². The first kappa shape index (κ1) is 21.1. The summed E-state index contributed by atoms with van der Waals surface area (Å²) >= 11 is 3.43. The minimum Gasteiger partial charge on any atom is -0.323 e. The summed E-state index contributed by atoms with van der Waals surface area (Å²) < 4.78 is 0.912. The maximum absolute atomic E-state index is 13.7. The van der Waals surface area contributed by atoms with Crippen LogP contribution in [0.5, 0.6) is 0 Å². The highest BCUT2D eigenvalue weighted by Crippen LogP contribution is 2.40. The van der Waals surface area contributed by atoms with E-state index in [1.54, 1.807) is 4.90 Å². The van der Waals surface area contributed by atoms with Gasteiger partial charge in [0.2, 0.25) is 5.91 Å². The van der Waals surface area contributed by atoms with Gasteiger partial charge in [-0.25, -0.2) is 0 Å². The molecule has 4 nitrogen and oxygen atoms in total. The monoisotopic (exact) mass is 474 g/mol. The molecule has 1 atom stereocenters. The molecule has 156 valence electrons. The lowest BCUT2D eigenvalue weighted by Gasteiger charge is -2.49. The van der Waals surface area contributed by atoms with Crippen LogP contribution in [0.2, 0.25) is 0 Å². The molecule has 1 aliphatic heterocycles. The van der Waals surface area contributed by atoms with Gasteiger partial charge in [-0.2, -0.15) is 0 Å². The molecule has 0 aromatic heterocycles. The molecule has 0 unspecified atom stereocenters. The molecule has 0 radical (unpaired) electrons. The molecular weight excluding hydrogens is 452 g/mol. The molecular formula is C26H23BrN2O2. The number of para-hydroxylation sites is 1. The summed E-state index contributed by atoms with van der Waals surface area (Å²) in [5, 5.41) is 3.10. The number of nitrogens with one attached hydrogen (secondary N) is 1. The predicted molar refractivity (Wildman–Crippen MR) is 129 cm³/mol. The standard InChI is InChI=1S/C26H23BrN2O2/c1-18-7-6-8-19(2)24(18)28-25(31)26(16-15-20-9-4-3-5-10-20)17-23(30)29(26)22-13-11-21(27)12-14-22/h3-16H,17H2,1-2H3,(H,28,31)/b16-15+/t26-/m0/s1. The molecule has 2 amide bonds. The summed E-state index contributed by atoms with van der Waals surface area (Å²) in [6, 6.07) is 23.1. The Bertz CT molecular complexity index is 1140. The van der Waals surface area contributed by atoms with Crippen LogP contribution in [0.25, 0.3) is 6.08 Å². The Morgan fingerprint density at radius 1 is 0.968 bits per heavy atom. The van der Waals surface area contributed by atoms with E-state index in [0.29, 0.717) is 5.69 Å². The van der Waals surface area contributed by atoms with E-state index in [4.69, 9.17) is 0 Å². The summed E-state index contributed by atoms with van der Waals surface area (Å²) in [6.45, 7) is 3.93. The fourth-order valence-corrected chi connectivity index (χ4v) is 4.17. The number of nitrogens with zero attached hydrogens (tertiary/aromatic N) is 1. The molecule has 1 fully saturated rings. The molecule has 3 aromatic carbocycles. The van der Waals surface area contributed by atoms with E-state index in [-0.39, 0.29) is 18.2 Å². The second-order valence-corrected chi connectivity index (χ2v) is 8.69. The molecule has 0 spiro atoms. The molecule has 0 saturated carbocycles. The van der Waals surface area contributed by atoms with Crippen LogP contribution in [0.15, 0.2) is 83.3 Å². The van der Waals surface area contributed by atoms with Crippen LogP contribution >= 0.6 is 15.9 Å². The van der Waals surface area contributed by atoms with Crippen molar-refractivity contribution in [3.63, 3.8) is 0 Å². The van der Waals surface area contributed by atoms with Crippen molar-refractivity contribution in [1.29, 1.82) is 0 Å². The molecule has 5 heteroatoms. The molecule has 3 aromatic rings. The molecule has 0 bridgehead atoms.